The zero-order chi connectivity index (χ0) is 15.2. The third-order valence-electron chi connectivity index (χ3n) is 4.93. The SMILES string of the molecule is CCC1CNC(C)(C2CC2)CN1c1cc(F)c(F)cc1F. The van der Waals surface area contributed by atoms with Crippen molar-refractivity contribution in [1.82, 2.24) is 5.32 Å². The smallest absolute Gasteiger partial charge is 0.161 e. The predicted molar refractivity (Wildman–Crippen MR) is 76.9 cm³/mol. The van der Waals surface area contributed by atoms with E-state index in [0.717, 1.165) is 19.0 Å². The van der Waals surface area contributed by atoms with Crippen LogP contribution in [0.25, 0.3) is 0 Å². The summed E-state index contributed by atoms with van der Waals surface area (Å²) in [6.45, 7) is 5.53. The van der Waals surface area contributed by atoms with Crippen molar-refractivity contribution in [3.63, 3.8) is 0 Å². The van der Waals surface area contributed by atoms with Crippen LogP contribution in [0.2, 0.25) is 0 Å². The fourth-order valence-electron chi connectivity index (χ4n) is 3.37. The largest absolute Gasteiger partial charge is 0.363 e. The molecule has 2 fully saturated rings. The maximum absolute atomic E-state index is 14.1. The molecule has 1 heterocycles. The molecule has 1 N–H and O–H groups in total. The van der Waals surface area contributed by atoms with Gasteiger partial charge < -0.3 is 10.2 Å². The van der Waals surface area contributed by atoms with Crippen LogP contribution in [0, 0.1) is 23.4 Å². The van der Waals surface area contributed by atoms with Crippen molar-refractivity contribution in [3.05, 3.63) is 29.6 Å². The van der Waals surface area contributed by atoms with Crippen LogP contribution < -0.4 is 10.2 Å². The van der Waals surface area contributed by atoms with Crippen molar-refractivity contribution < 1.29 is 13.2 Å². The van der Waals surface area contributed by atoms with Gasteiger partial charge in [0.15, 0.2) is 11.6 Å². The van der Waals surface area contributed by atoms with Crippen LogP contribution in [-0.2, 0) is 0 Å². The van der Waals surface area contributed by atoms with E-state index in [4.69, 9.17) is 0 Å². The van der Waals surface area contributed by atoms with Crippen molar-refractivity contribution in [3.8, 4) is 0 Å². The second-order valence-corrected chi connectivity index (χ2v) is 6.48. The predicted octanol–water partition coefficient (Wildman–Crippen LogP) is 3.46. The first-order chi connectivity index (χ1) is 9.94. The third-order valence-corrected chi connectivity index (χ3v) is 4.93. The molecule has 3 rings (SSSR count). The highest BCUT2D eigenvalue weighted by Gasteiger charge is 2.46. The zero-order valence-corrected chi connectivity index (χ0v) is 12.4. The molecule has 1 aromatic carbocycles. The van der Waals surface area contributed by atoms with Gasteiger partial charge in [-0.1, -0.05) is 6.92 Å². The van der Waals surface area contributed by atoms with Gasteiger partial charge in [0.25, 0.3) is 0 Å². The van der Waals surface area contributed by atoms with Crippen molar-refractivity contribution >= 4 is 5.69 Å². The molecule has 21 heavy (non-hydrogen) atoms. The highest BCUT2D eigenvalue weighted by molar-refractivity contribution is 5.51. The fourth-order valence-corrected chi connectivity index (χ4v) is 3.37. The number of nitrogens with zero attached hydrogens (tertiary/aromatic N) is 1. The average molecular weight is 298 g/mol. The molecule has 1 aliphatic heterocycles. The van der Waals surface area contributed by atoms with E-state index in [1.807, 2.05) is 11.8 Å². The Hall–Kier alpha value is -1.23. The molecule has 1 aromatic rings. The van der Waals surface area contributed by atoms with Crippen LogP contribution in [-0.4, -0.2) is 24.7 Å². The molecule has 1 saturated heterocycles. The van der Waals surface area contributed by atoms with Gasteiger partial charge in [0.1, 0.15) is 5.82 Å². The molecular formula is C16H21F3N2. The Labute approximate surface area is 123 Å². The minimum Gasteiger partial charge on any atom is -0.363 e. The Kier molecular flexibility index (Phi) is 3.64. The number of benzene rings is 1. The zero-order valence-electron chi connectivity index (χ0n) is 12.4. The van der Waals surface area contributed by atoms with Crippen LogP contribution in [0.5, 0.6) is 0 Å². The Morgan fingerprint density at radius 2 is 1.86 bits per heavy atom. The van der Waals surface area contributed by atoms with E-state index in [1.54, 1.807) is 0 Å². The van der Waals surface area contributed by atoms with Crippen LogP contribution in [0.15, 0.2) is 12.1 Å². The van der Waals surface area contributed by atoms with Crippen LogP contribution in [0.4, 0.5) is 18.9 Å². The van der Waals surface area contributed by atoms with Gasteiger partial charge in [-0.2, -0.15) is 0 Å². The standard InChI is InChI=1S/C16H21F3N2/c1-3-11-8-20-16(2,10-4-5-10)9-21(11)15-7-13(18)12(17)6-14(15)19/h6-7,10-11,20H,3-5,8-9H2,1-2H3. The van der Waals surface area contributed by atoms with Crippen LogP contribution in [0.3, 0.4) is 0 Å². The summed E-state index contributed by atoms with van der Waals surface area (Å²) in [5.74, 6) is -2.23. The molecule has 0 aromatic heterocycles. The summed E-state index contributed by atoms with van der Waals surface area (Å²) in [5.41, 5.74) is 0.0947. The van der Waals surface area contributed by atoms with E-state index in [0.29, 0.717) is 18.5 Å². The summed E-state index contributed by atoms with van der Waals surface area (Å²) in [6, 6.07) is 1.73. The summed E-state index contributed by atoms with van der Waals surface area (Å²) in [4.78, 5) is 1.91. The molecule has 2 atom stereocenters. The van der Waals surface area contributed by atoms with Crippen molar-refractivity contribution in [2.45, 2.75) is 44.7 Å². The number of anilines is 1. The van der Waals surface area contributed by atoms with Crippen molar-refractivity contribution in [1.29, 1.82) is 0 Å². The molecule has 0 bridgehead atoms. The Balaban J connectivity index is 1.94. The molecule has 0 spiro atoms. The first-order valence-corrected chi connectivity index (χ1v) is 7.61. The molecule has 2 unspecified atom stereocenters. The lowest BCUT2D eigenvalue weighted by Gasteiger charge is -2.47. The quantitative estimate of drug-likeness (QED) is 0.860. The van der Waals surface area contributed by atoms with Crippen LogP contribution >= 0.6 is 0 Å². The van der Waals surface area contributed by atoms with E-state index in [-0.39, 0.29) is 17.3 Å². The summed E-state index contributed by atoms with van der Waals surface area (Å²) >= 11 is 0. The minimum absolute atomic E-state index is 0.0804. The lowest BCUT2D eigenvalue weighted by Crippen LogP contribution is -2.64. The van der Waals surface area contributed by atoms with Gasteiger partial charge in [0, 0.05) is 36.8 Å². The van der Waals surface area contributed by atoms with Gasteiger partial charge in [0.2, 0.25) is 0 Å². The van der Waals surface area contributed by atoms with Gasteiger partial charge in [-0.05, 0) is 32.1 Å². The first kappa shape index (κ1) is 14.7. The second kappa shape index (κ2) is 5.20. The van der Waals surface area contributed by atoms with E-state index in [1.165, 1.54) is 12.8 Å². The second-order valence-electron chi connectivity index (χ2n) is 6.48. The number of nitrogens with one attached hydrogen (secondary N) is 1. The maximum atomic E-state index is 14.1. The average Bonchev–Trinajstić information content (AvgIpc) is 3.28. The van der Waals surface area contributed by atoms with Crippen LogP contribution in [0.1, 0.15) is 33.1 Å². The van der Waals surface area contributed by atoms with E-state index >= 15 is 0 Å². The highest BCUT2D eigenvalue weighted by atomic mass is 19.2. The topological polar surface area (TPSA) is 15.3 Å². The fraction of sp³-hybridized carbons (Fsp3) is 0.625. The summed E-state index contributed by atoms with van der Waals surface area (Å²) < 4.78 is 40.8. The normalized spacial score (nSPS) is 29.8. The molecule has 116 valence electrons. The van der Waals surface area contributed by atoms with E-state index < -0.39 is 17.5 Å². The lowest BCUT2D eigenvalue weighted by molar-refractivity contribution is 0.251. The molecule has 1 saturated carbocycles. The number of piperazine rings is 1. The Morgan fingerprint density at radius 3 is 2.48 bits per heavy atom. The number of hydrogen-bond donors (Lipinski definition) is 1. The molecule has 0 radical (unpaired) electrons. The molecule has 5 heteroatoms. The summed E-state index contributed by atoms with van der Waals surface area (Å²) in [7, 11) is 0. The monoisotopic (exact) mass is 298 g/mol. The Bertz CT molecular complexity index is 545. The van der Waals surface area contributed by atoms with E-state index in [9.17, 15) is 13.2 Å². The van der Waals surface area contributed by atoms with Crippen molar-refractivity contribution in [2.75, 3.05) is 18.0 Å². The van der Waals surface area contributed by atoms with Crippen molar-refractivity contribution in [2.24, 2.45) is 5.92 Å². The van der Waals surface area contributed by atoms with Gasteiger partial charge in [-0.25, -0.2) is 13.2 Å². The summed E-state index contributed by atoms with van der Waals surface area (Å²) in [6.07, 6.45) is 3.18. The molecule has 0 amide bonds. The maximum Gasteiger partial charge on any atom is 0.161 e. The highest BCUT2D eigenvalue weighted by Crippen LogP contribution is 2.42. The molecule has 2 aliphatic rings. The number of hydrogen-bond acceptors (Lipinski definition) is 2. The minimum atomic E-state index is -1.13. The summed E-state index contributed by atoms with van der Waals surface area (Å²) in [5, 5.41) is 3.57. The number of halogens is 3. The lowest BCUT2D eigenvalue weighted by atomic mass is 9.90. The first-order valence-electron chi connectivity index (χ1n) is 7.61. The van der Waals surface area contributed by atoms with Gasteiger partial charge in [0.05, 0.1) is 5.69 Å². The van der Waals surface area contributed by atoms with Gasteiger partial charge in [-0.15, -0.1) is 0 Å². The molecule has 2 nitrogen and oxygen atoms in total. The Morgan fingerprint density at radius 1 is 1.19 bits per heavy atom. The van der Waals surface area contributed by atoms with Gasteiger partial charge >= 0.3 is 0 Å². The van der Waals surface area contributed by atoms with E-state index in [2.05, 4.69) is 12.2 Å². The van der Waals surface area contributed by atoms with Gasteiger partial charge in [-0.3, -0.25) is 0 Å². The third kappa shape index (κ3) is 2.63. The number of rotatable bonds is 3. The molecule has 1 aliphatic carbocycles. The molecular weight excluding hydrogens is 277 g/mol.